The summed E-state index contributed by atoms with van der Waals surface area (Å²) in [5, 5.41) is 11.9. The van der Waals surface area contributed by atoms with Gasteiger partial charge in [-0.25, -0.2) is 0 Å². The number of morpholine rings is 1. The van der Waals surface area contributed by atoms with E-state index in [4.69, 9.17) is 14.4 Å². The zero-order valence-corrected chi connectivity index (χ0v) is 11.7. The molecule has 1 aliphatic heterocycles. The zero-order chi connectivity index (χ0) is 14.7. The normalized spacial score (nSPS) is 19.2. The lowest BCUT2D eigenvalue weighted by Crippen LogP contribution is -2.35. The highest BCUT2D eigenvalue weighted by Gasteiger charge is 2.25. The van der Waals surface area contributed by atoms with Crippen molar-refractivity contribution >= 4 is 17.9 Å². The second-order valence-corrected chi connectivity index (χ2v) is 5.19. The van der Waals surface area contributed by atoms with Crippen molar-refractivity contribution in [3.63, 3.8) is 0 Å². The van der Waals surface area contributed by atoms with Gasteiger partial charge in [0.05, 0.1) is 13.2 Å². The van der Waals surface area contributed by atoms with Gasteiger partial charge >= 0.3 is 0 Å². The van der Waals surface area contributed by atoms with Crippen LogP contribution in [0.25, 0.3) is 6.08 Å². The largest absolute Gasteiger partial charge is 0.441 e. The molecule has 3 rings (SSSR count). The highest BCUT2D eigenvalue weighted by molar-refractivity contribution is 6.01. The van der Waals surface area contributed by atoms with Crippen LogP contribution in [0.4, 0.5) is 5.88 Å². The first-order valence-electron chi connectivity index (χ1n) is 7.11. The molecule has 1 saturated carbocycles. The molecule has 21 heavy (non-hydrogen) atoms. The Kier molecular flexibility index (Phi) is 3.93. The Bertz CT molecular complexity index is 590. The maximum Gasteiger partial charge on any atom is 0.262 e. The molecule has 0 spiro atoms. The fourth-order valence-electron chi connectivity index (χ4n) is 2.16. The van der Waals surface area contributed by atoms with Gasteiger partial charge in [-0.15, -0.1) is 0 Å². The summed E-state index contributed by atoms with van der Waals surface area (Å²) < 4.78 is 11.0. The second-order valence-electron chi connectivity index (χ2n) is 5.19. The number of rotatable bonds is 4. The second kappa shape index (κ2) is 6.02. The number of carbonyl (C=O) groups is 1. The number of nitrogens with zero attached hydrogens (tertiary/aromatic N) is 2. The van der Waals surface area contributed by atoms with Gasteiger partial charge < -0.3 is 19.4 Å². The van der Waals surface area contributed by atoms with Gasteiger partial charge in [0.2, 0.25) is 0 Å². The van der Waals surface area contributed by atoms with E-state index < -0.39 is 0 Å². The first-order valence-corrected chi connectivity index (χ1v) is 7.11. The minimum Gasteiger partial charge on any atom is -0.441 e. The van der Waals surface area contributed by atoms with Crippen LogP contribution in [0.15, 0.2) is 22.1 Å². The number of hydrogen-bond donors (Lipinski definition) is 1. The molecule has 0 unspecified atom stereocenters. The van der Waals surface area contributed by atoms with E-state index in [1.54, 1.807) is 6.07 Å². The van der Waals surface area contributed by atoms with Crippen LogP contribution in [-0.2, 0) is 9.53 Å². The summed E-state index contributed by atoms with van der Waals surface area (Å²) in [7, 11) is 0. The molecule has 2 heterocycles. The molecule has 2 fully saturated rings. The Morgan fingerprint density at radius 3 is 2.81 bits per heavy atom. The van der Waals surface area contributed by atoms with Crippen molar-refractivity contribution < 1.29 is 13.9 Å². The maximum absolute atomic E-state index is 11.9. The molecule has 1 aliphatic carbocycles. The van der Waals surface area contributed by atoms with Gasteiger partial charge in [0.15, 0.2) is 5.88 Å². The van der Waals surface area contributed by atoms with Crippen LogP contribution in [0.3, 0.4) is 0 Å². The Balaban J connectivity index is 1.70. The molecule has 0 radical (unpaired) electrons. The van der Waals surface area contributed by atoms with Gasteiger partial charge in [-0.2, -0.15) is 5.26 Å². The number of carbonyl (C=O) groups excluding carboxylic acids is 1. The predicted molar refractivity (Wildman–Crippen MR) is 76.5 cm³/mol. The average Bonchev–Trinajstić information content (AvgIpc) is 3.20. The Hall–Kier alpha value is -2.26. The topological polar surface area (TPSA) is 78.5 Å². The number of anilines is 1. The lowest BCUT2D eigenvalue weighted by Gasteiger charge is -2.26. The lowest BCUT2D eigenvalue weighted by molar-refractivity contribution is -0.117. The summed E-state index contributed by atoms with van der Waals surface area (Å²) in [5.41, 5.74) is 0.0739. The third-order valence-electron chi connectivity index (χ3n) is 3.50. The SMILES string of the molecule is N#C/C(=C\c1ccc(N2CCOCC2)o1)C(=O)NC1CC1. The smallest absolute Gasteiger partial charge is 0.262 e. The van der Waals surface area contributed by atoms with Crippen LogP contribution in [0, 0.1) is 11.3 Å². The summed E-state index contributed by atoms with van der Waals surface area (Å²) in [5.74, 6) is 0.924. The third-order valence-corrected chi connectivity index (χ3v) is 3.50. The number of ether oxygens (including phenoxy) is 1. The minimum absolute atomic E-state index is 0.0739. The van der Waals surface area contributed by atoms with Crippen molar-refractivity contribution in [2.24, 2.45) is 0 Å². The quantitative estimate of drug-likeness (QED) is 0.667. The molecule has 0 atom stereocenters. The van der Waals surface area contributed by atoms with Crippen LogP contribution in [-0.4, -0.2) is 38.3 Å². The summed E-state index contributed by atoms with van der Waals surface area (Å²) in [6, 6.07) is 5.78. The molecule has 0 bridgehead atoms. The average molecular weight is 287 g/mol. The van der Waals surface area contributed by atoms with Crippen molar-refractivity contribution in [2.75, 3.05) is 31.2 Å². The number of amides is 1. The lowest BCUT2D eigenvalue weighted by atomic mass is 10.2. The highest BCUT2D eigenvalue weighted by Crippen LogP contribution is 2.22. The van der Waals surface area contributed by atoms with Gasteiger partial charge in [0.1, 0.15) is 17.4 Å². The van der Waals surface area contributed by atoms with Crippen LogP contribution in [0.5, 0.6) is 0 Å². The van der Waals surface area contributed by atoms with E-state index in [-0.39, 0.29) is 17.5 Å². The summed E-state index contributed by atoms with van der Waals surface area (Å²) in [6.45, 7) is 2.92. The molecule has 1 N–H and O–H groups in total. The number of furan rings is 1. The van der Waals surface area contributed by atoms with E-state index in [1.807, 2.05) is 12.1 Å². The van der Waals surface area contributed by atoms with Gasteiger partial charge in [0.25, 0.3) is 5.91 Å². The first kappa shape index (κ1) is 13.7. The molecule has 1 saturated heterocycles. The van der Waals surface area contributed by atoms with Crippen LogP contribution in [0.1, 0.15) is 18.6 Å². The van der Waals surface area contributed by atoms with Gasteiger partial charge in [0, 0.05) is 31.3 Å². The molecule has 1 amide bonds. The van der Waals surface area contributed by atoms with Crippen molar-refractivity contribution in [3.8, 4) is 6.07 Å². The van der Waals surface area contributed by atoms with Crippen molar-refractivity contribution in [2.45, 2.75) is 18.9 Å². The third kappa shape index (κ3) is 3.44. The standard InChI is InChI=1S/C15H17N3O3/c16-10-11(15(19)17-12-1-2-12)9-13-3-4-14(21-13)18-5-7-20-8-6-18/h3-4,9,12H,1-2,5-8H2,(H,17,19)/b11-9+. The van der Waals surface area contributed by atoms with E-state index >= 15 is 0 Å². The van der Waals surface area contributed by atoms with E-state index in [1.165, 1.54) is 6.08 Å². The van der Waals surface area contributed by atoms with Gasteiger partial charge in [-0.05, 0) is 18.9 Å². The first-order chi connectivity index (χ1) is 10.3. The zero-order valence-electron chi connectivity index (χ0n) is 11.7. The van der Waals surface area contributed by atoms with E-state index in [2.05, 4.69) is 10.2 Å². The maximum atomic E-state index is 11.9. The Morgan fingerprint density at radius 1 is 1.38 bits per heavy atom. The van der Waals surface area contributed by atoms with E-state index in [0.29, 0.717) is 19.0 Å². The van der Waals surface area contributed by atoms with Gasteiger partial charge in [-0.1, -0.05) is 0 Å². The molecule has 6 heteroatoms. The summed E-state index contributed by atoms with van der Waals surface area (Å²) in [6.07, 6.45) is 3.47. The molecule has 6 nitrogen and oxygen atoms in total. The minimum atomic E-state index is -0.329. The van der Waals surface area contributed by atoms with Gasteiger partial charge in [-0.3, -0.25) is 4.79 Å². The summed E-state index contributed by atoms with van der Waals surface area (Å²) >= 11 is 0. The molecular formula is C15H17N3O3. The Labute approximate surface area is 123 Å². The molecular weight excluding hydrogens is 270 g/mol. The monoisotopic (exact) mass is 287 g/mol. The fraction of sp³-hybridized carbons (Fsp3) is 0.467. The molecule has 0 aromatic carbocycles. The molecule has 110 valence electrons. The van der Waals surface area contributed by atoms with E-state index in [0.717, 1.165) is 31.8 Å². The number of nitriles is 1. The van der Waals surface area contributed by atoms with Crippen LogP contribution >= 0.6 is 0 Å². The molecule has 1 aromatic heterocycles. The summed E-state index contributed by atoms with van der Waals surface area (Å²) in [4.78, 5) is 13.9. The van der Waals surface area contributed by atoms with Crippen molar-refractivity contribution in [1.29, 1.82) is 5.26 Å². The molecule has 1 aromatic rings. The van der Waals surface area contributed by atoms with Crippen LogP contribution < -0.4 is 10.2 Å². The number of nitrogens with one attached hydrogen (secondary N) is 1. The van der Waals surface area contributed by atoms with Crippen LogP contribution in [0.2, 0.25) is 0 Å². The predicted octanol–water partition coefficient (Wildman–Crippen LogP) is 1.30. The highest BCUT2D eigenvalue weighted by atomic mass is 16.5. The van der Waals surface area contributed by atoms with Crippen molar-refractivity contribution in [1.82, 2.24) is 5.32 Å². The van der Waals surface area contributed by atoms with E-state index in [9.17, 15) is 4.79 Å². The Morgan fingerprint density at radius 2 is 2.14 bits per heavy atom. The number of hydrogen-bond acceptors (Lipinski definition) is 5. The van der Waals surface area contributed by atoms with Crippen molar-refractivity contribution in [3.05, 3.63) is 23.5 Å². The fourth-order valence-corrected chi connectivity index (χ4v) is 2.16. The molecule has 2 aliphatic rings.